The molecule has 0 saturated carbocycles. The largest absolute Gasteiger partial charge is 0.392 e. The lowest BCUT2D eigenvalue weighted by Crippen LogP contribution is -2.04. The number of Topliss-reactive ketones (excluding diaryl/α,β-unsaturated/α-hetero) is 1. The molecule has 76 valence electrons. The maximum Gasteiger partial charge on any atom is 0.163 e. The molecule has 1 aromatic carbocycles. The fourth-order valence-corrected chi connectivity index (χ4v) is 1.69. The summed E-state index contributed by atoms with van der Waals surface area (Å²) in [4.78, 5) is 11.5. The predicted octanol–water partition coefficient (Wildman–Crippen LogP) is 2.73. The molecule has 1 rings (SSSR count). The fraction of sp³-hybridized carbons (Fsp3) is 0.364. The standard InChI is InChI=1S/C11H13ClO2/c1-3-11(14)9-5-8(12)4-7(2)10(9)6-13/h4-5,13H,3,6H2,1-2H3. The van der Waals surface area contributed by atoms with E-state index in [1.807, 2.05) is 6.92 Å². The summed E-state index contributed by atoms with van der Waals surface area (Å²) >= 11 is 5.85. The summed E-state index contributed by atoms with van der Waals surface area (Å²) in [6, 6.07) is 3.37. The van der Waals surface area contributed by atoms with Crippen LogP contribution in [0.15, 0.2) is 12.1 Å². The lowest BCUT2D eigenvalue weighted by Gasteiger charge is -2.09. The monoisotopic (exact) mass is 212 g/mol. The molecule has 0 atom stereocenters. The van der Waals surface area contributed by atoms with E-state index in [9.17, 15) is 4.79 Å². The number of hydrogen-bond donors (Lipinski definition) is 1. The van der Waals surface area contributed by atoms with Gasteiger partial charge in [-0.15, -0.1) is 0 Å². The first-order valence-electron chi connectivity index (χ1n) is 4.53. The normalized spacial score (nSPS) is 10.3. The fourth-order valence-electron chi connectivity index (χ4n) is 1.42. The van der Waals surface area contributed by atoms with Crippen molar-refractivity contribution in [2.45, 2.75) is 26.9 Å². The average molecular weight is 213 g/mol. The number of rotatable bonds is 3. The summed E-state index contributed by atoms with van der Waals surface area (Å²) in [6.45, 7) is 3.51. The van der Waals surface area contributed by atoms with Crippen LogP contribution in [0.1, 0.15) is 34.8 Å². The molecule has 1 N–H and O–H groups in total. The van der Waals surface area contributed by atoms with Gasteiger partial charge in [0, 0.05) is 17.0 Å². The van der Waals surface area contributed by atoms with Crippen LogP contribution in [-0.2, 0) is 6.61 Å². The Morgan fingerprint density at radius 3 is 2.64 bits per heavy atom. The molecule has 0 heterocycles. The molecular weight excluding hydrogens is 200 g/mol. The molecule has 0 aliphatic carbocycles. The highest BCUT2D eigenvalue weighted by Crippen LogP contribution is 2.21. The summed E-state index contributed by atoms with van der Waals surface area (Å²) in [5.41, 5.74) is 2.08. The number of halogens is 1. The third-order valence-electron chi connectivity index (χ3n) is 2.22. The van der Waals surface area contributed by atoms with Gasteiger partial charge in [-0.1, -0.05) is 18.5 Å². The zero-order chi connectivity index (χ0) is 10.7. The second kappa shape index (κ2) is 4.58. The first kappa shape index (κ1) is 11.2. The van der Waals surface area contributed by atoms with Crippen molar-refractivity contribution in [2.75, 3.05) is 0 Å². The Bertz CT molecular complexity index is 359. The van der Waals surface area contributed by atoms with E-state index in [4.69, 9.17) is 16.7 Å². The molecule has 0 aliphatic rings. The highest BCUT2D eigenvalue weighted by Gasteiger charge is 2.12. The molecule has 1 aromatic rings. The quantitative estimate of drug-likeness (QED) is 0.783. The van der Waals surface area contributed by atoms with Gasteiger partial charge in [-0.05, 0) is 30.2 Å². The van der Waals surface area contributed by atoms with Crippen LogP contribution in [0.4, 0.5) is 0 Å². The minimum Gasteiger partial charge on any atom is -0.392 e. The maximum absolute atomic E-state index is 11.5. The molecule has 0 radical (unpaired) electrons. The van der Waals surface area contributed by atoms with Gasteiger partial charge in [0.25, 0.3) is 0 Å². The van der Waals surface area contributed by atoms with Gasteiger partial charge >= 0.3 is 0 Å². The van der Waals surface area contributed by atoms with Crippen LogP contribution in [0.2, 0.25) is 5.02 Å². The smallest absolute Gasteiger partial charge is 0.163 e. The Kier molecular flexibility index (Phi) is 3.67. The van der Waals surface area contributed by atoms with E-state index < -0.39 is 0 Å². The van der Waals surface area contributed by atoms with Crippen LogP contribution in [0.25, 0.3) is 0 Å². The Balaban J connectivity index is 3.32. The number of carbonyl (C=O) groups is 1. The van der Waals surface area contributed by atoms with Gasteiger partial charge in [-0.2, -0.15) is 0 Å². The van der Waals surface area contributed by atoms with Gasteiger partial charge < -0.3 is 5.11 Å². The van der Waals surface area contributed by atoms with Gasteiger partial charge in [0.2, 0.25) is 0 Å². The van der Waals surface area contributed by atoms with Crippen LogP contribution >= 0.6 is 11.6 Å². The Morgan fingerprint density at radius 1 is 1.50 bits per heavy atom. The zero-order valence-electron chi connectivity index (χ0n) is 8.30. The van der Waals surface area contributed by atoms with Gasteiger partial charge in [0.05, 0.1) is 6.61 Å². The minimum atomic E-state index is -0.121. The van der Waals surface area contributed by atoms with Gasteiger partial charge in [-0.3, -0.25) is 4.79 Å². The van der Waals surface area contributed by atoms with E-state index in [0.717, 1.165) is 5.56 Å². The van der Waals surface area contributed by atoms with Crippen LogP contribution in [-0.4, -0.2) is 10.9 Å². The Labute approximate surface area is 88.5 Å². The lowest BCUT2D eigenvalue weighted by molar-refractivity contribution is 0.0985. The molecule has 0 amide bonds. The van der Waals surface area contributed by atoms with Crippen molar-refractivity contribution in [3.8, 4) is 0 Å². The number of aryl methyl sites for hydroxylation is 1. The number of ketones is 1. The topological polar surface area (TPSA) is 37.3 Å². The summed E-state index contributed by atoms with van der Waals surface area (Å²) in [5.74, 6) is 0.0136. The molecule has 0 spiro atoms. The van der Waals surface area contributed by atoms with Crippen molar-refractivity contribution < 1.29 is 9.90 Å². The van der Waals surface area contributed by atoms with Crippen molar-refractivity contribution in [2.24, 2.45) is 0 Å². The van der Waals surface area contributed by atoms with Crippen molar-refractivity contribution >= 4 is 17.4 Å². The van der Waals surface area contributed by atoms with E-state index in [0.29, 0.717) is 22.6 Å². The molecule has 0 bridgehead atoms. The number of carbonyl (C=O) groups excluding carboxylic acids is 1. The second-order valence-corrected chi connectivity index (χ2v) is 3.62. The average Bonchev–Trinajstić information content (AvgIpc) is 2.15. The molecule has 0 unspecified atom stereocenters. The van der Waals surface area contributed by atoms with Crippen molar-refractivity contribution in [1.82, 2.24) is 0 Å². The van der Waals surface area contributed by atoms with Gasteiger partial charge in [-0.25, -0.2) is 0 Å². The molecule has 14 heavy (non-hydrogen) atoms. The van der Waals surface area contributed by atoms with Crippen LogP contribution in [0.5, 0.6) is 0 Å². The molecule has 0 fully saturated rings. The van der Waals surface area contributed by atoms with E-state index >= 15 is 0 Å². The molecule has 0 saturated heterocycles. The Hall–Kier alpha value is -0.860. The van der Waals surface area contributed by atoms with E-state index in [1.165, 1.54) is 0 Å². The van der Waals surface area contributed by atoms with Gasteiger partial charge in [0.15, 0.2) is 5.78 Å². The molecule has 3 heteroatoms. The number of aliphatic hydroxyl groups is 1. The summed E-state index contributed by atoms with van der Waals surface area (Å²) < 4.78 is 0. The second-order valence-electron chi connectivity index (χ2n) is 3.18. The molecular formula is C11H13ClO2. The highest BCUT2D eigenvalue weighted by molar-refractivity contribution is 6.31. The van der Waals surface area contributed by atoms with Crippen molar-refractivity contribution in [1.29, 1.82) is 0 Å². The Morgan fingerprint density at radius 2 is 2.14 bits per heavy atom. The zero-order valence-corrected chi connectivity index (χ0v) is 9.06. The van der Waals surface area contributed by atoms with Crippen LogP contribution < -0.4 is 0 Å². The lowest BCUT2D eigenvalue weighted by atomic mass is 9.98. The molecule has 2 nitrogen and oxygen atoms in total. The maximum atomic E-state index is 11.5. The van der Waals surface area contributed by atoms with Crippen molar-refractivity contribution in [3.63, 3.8) is 0 Å². The van der Waals surface area contributed by atoms with E-state index in [1.54, 1.807) is 19.1 Å². The van der Waals surface area contributed by atoms with Gasteiger partial charge in [0.1, 0.15) is 0 Å². The van der Waals surface area contributed by atoms with Crippen LogP contribution in [0.3, 0.4) is 0 Å². The molecule has 0 aromatic heterocycles. The van der Waals surface area contributed by atoms with E-state index in [2.05, 4.69) is 0 Å². The third kappa shape index (κ3) is 2.14. The number of aliphatic hydroxyl groups excluding tert-OH is 1. The highest BCUT2D eigenvalue weighted by atomic mass is 35.5. The predicted molar refractivity (Wildman–Crippen MR) is 56.7 cm³/mol. The summed E-state index contributed by atoms with van der Waals surface area (Å²) in [5, 5.41) is 9.68. The van der Waals surface area contributed by atoms with Crippen molar-refractivity contribution in [3.05, 3.63) is 33.8 Å². The number of benzene rings is 1. The van der Waals surface area contributed by atoms with E-state index in [-0.39, 0.29) is 12.4 Å². The minimum absolute atomic E-state index is 0.0136. The SMILES string of the molecule is CCC(=O)c1cc(Cl)cc(C)c1CO. The first-order valence-corrected chi connectivity index (χ1v) is 4.91. The molecule has 0 aliphatic heterocycles. The summed E-state index contributed by atoms with van der Waals surface area (Å²) in [6.07, 6.45) is 0.423. The van der Waals surface area contributed by atoms with Crippen LogP contribution in [0, 0.1) is 6.92 Å². The number of hydrogen-bond acceptors (Lipinski definition) is 2. The summed E-state index contributed by atoms with van der Waals surface area (Å²) in [7, 11) is 0. The first-order chi connectivity index (χ1) is 6.60. The third-order valence-corrected chi connectivity index (χ3v) is 2.44.